The van der Waals surface area contributed by atoms with E-state index in [1.807, 2.05) is 39.8 Å². The number of nitrogens with one attached hydrogen (secondary N) is 3. The summed E-state index contributed by atoms with van der Waals surface area (Å²) in [5.74, 6) is -2.64. The normalized spacial score (nSPS) is 20.6. The molecule has 10 nitrogen and oxygen atoms in total. The zero-order chi connectivity index (χ0) is 30.9. The number of rotatable bonds is 10. The van der Waals surface area contributed by atoms with Crippen LogP contribution in [0.2, 0.25) is 0 Å². The summed E-state index contributed by atoms with van der Waals surface area (Å²) >= 11 is 0. The minimum atomic E-state index is -0.927. The van der Waals surface area contributed by atoms with Crippen molar-refractivity contribution in [2.75, 3.05) is 0 Å². The molecule has 4 heterocycles. The van der Waals surface area contributed by atoms with Gasteiger partial charge in [0.2, 0.25) is 5.91 Å². The Bertz CT molecular complexity index is 1730. The van der Waals surface area contributed by atoms with Crippen molar-refractivity contribution in [1.29, 1.82) is 0 Å². The molecule has 4 rings (SSSR count). The molecule has 5 N–H and O–H groups in total. The molecule has 1 saturated heterocycles. The Hall–Kier alpha value is -4.73. The third kappa shape index (κ3) is 5.97. The molecule has 42 heavy (non-hydrogen) atoms. The fourth-order valence-electron chi connectivity index (χ4n) is 5.44. The minimum absolute atomic E-state index is 0.0773. The van der Waals surface area contributed by atoms with Crippen molar-refractivity contribution >= 4 is 47.7 Å². The molecule has 0 aliphatic carbocycles. The molecule has 2 aromatic rings. The molecule has 2 aromatic heterocycles. The fraction of sp³-hybridized carbons (Fsp3) is 0.344. The van der Waals surface area contributed by atoms with Crippen LogP contribution in [0.25, 0.3) is 18.2 Å². The molecular weight excluding hydrogens is 536 g/mol. The third-order valence-electron chi connectivity index (χ3n) is 8.27. The number of aliphatic imine (C=N–C) groups is 1. The average Bonchev–Trinajstić information content (AvgIpc) is 3.56. The van der Waals surface area contributed by atoms with E-state index in [2.05, 4.69) is 26.9 Å². The largest absolute Gasteiger partial charge is 0.481 e. The zero-order valence-corrected chi connectivity index (χ0v) is 24.5. The van der Waals surface area contributed by atoms with Gasteiger partial charge in [0.1, 0.15) is 0 Å². The molecule has 2 aliphatic heterocycles. The van der Waals surface area contributed by atoms with Gasteiger partial charge in [0.25, 0.3) is 5.91 Å². The van der Waals surface area contributed by atoms with Crippen LogP contribution in [0.3, 0.4) is 0 Å². The maximum absolute atomic E-state index is 12.3. The summed E-state index contributed by atoms with van der Waals surface area (Å²) in [6.07, 6.45) is 7.64. The number of carboxylic acids is 2. The number of carbonyl (C=O) groups is 4. The molecule has 0 spiro atoms. The number of aromatic nitrogens is 2. The number of aliphatic carboxylic acids is 2. The molecule has 0 radical (unpaired) electrons. The maximum Gasteiger partial charge on any atom is 0.303 e. The van der Waals surface area contributed by atoms with Crippen LogP contribution < -0.4 is 16.0 Å². The van der Waals surface area contributed by atoms with Crippen molar-refractivity contribution < 1.29 is 29.4 Å². The van der Waals surface area contributed by atoms with E-state index in [-0.39, 0.29) is 49.3 Å². The third-order valence-corrected chi connectivity index (χ3v) is 8.27. The number of carboxylic acid groups (broad SMARTS) is 2. The number of nitrogens with zero attached hydrogens (tertiary/aromatic N) is 1. The van der Waals surface area contributed by atoms with Gasteiger partial charge in [-0.2, -0.15) is 0 Å². The molecular formula is C32H36N4O6. The predicted molar refractivity (Wildman–Crippen MR) is 160 cm³/mol. The van der Waals surface area contributed by atoms with E-state index >= 15 is 0 Å². The Balaban J connectivity index is 1.90. The number of H-pyrrole nitrogens is 2. The Labute approximate surface area is 243 Å². The van der Waals surface area contributed by atoms with Crippen molar-refractivity contribution in [2.24, 2.45) is 16.8 Å². The van der Waals surface area contributed by atoms with Crippen LogP contribution >= 0.6 is 0 Å². The van der Waals surface area contributed by atoms with Gasteiger partial charge in [-0.3, -0.25) is 19.2 Å². The van der Waals surface area contributed by atoms with Gasteiger partial charge in [-0.05, 0) is 86.6 Å². The lowest BCUT2D eigenvalue weighted by Crippen LogP contribution is -2.16. The minimum Gasteiger partial charge on any atom is -0.481 e. The van der Waals surface area contributed by atoms with Gasteiger partial charge in [-0.25, -0.2) is 4.99 Å². The molecule has 2 amide bonds. The molecule has 1 unspecified atom stereocenters. The monoisotopic (exact) mass is 572 g/mol. The predicted octanol–water partition coefficient (Wildman–Crippen LogP) is 2.83. The first-order chi connectivity index (χ1) is 19.8. The van der Waals surface area contributed by atoms with E-state index in [0.717, 1.165) is 33.5 Å². The number of amides is 2. The van der Waals surface area contributed by atoms with Gasteiger partial charge < -0.3 is 25.5 Å². The first kappa shape index (κ1) is 30.2. The van der Waals surface area contributed by atoms with Crippen LogP contribution in [-0.4, -0.2) is 49.6 Å². The highest BCUT2D eigenvalue weighted by atomic mass is 16.4. The molecule has 10 heteroatoms. The SMILES string of the molecule is C=CC1/C(=C/c2[nH]c(/C=c3\[nH]/c(=C\C4=NC(=O)C(C)=C4C)c(C)c3CCC(=O)O)c(CCC(=O)O)c2C)NC(=O)[C@H]1C. The number of aromatic amines is 2. The van der Waals surface area contributed by atoms with Gasteiger partial charge in [-0.15, -0.1) is 6.58 Å². The smallest absolute Gasteiger partial charge is 0.303 e. The van der Waals surface area contributed by atoms with Crippen LogP contribution in [0.1, 0.15) is 67.3 Å². The van der Waals surface area contributed by atoms with E-state index in [9.17, 15) is 29.4 Å². The van der Waals surface area contributed by atoms with Crippen molar-refractivity contribution in [3.63, 3.8) is 0 Å². The lowest BCUT2D eigenvalue weighted by atomic mass is 9.94. The zero-order valence-electron chi connectivity index (χ0n) is 24.5. The summed E-state index contributed by atoms with van der Waals surface area (Å²) in [5, 5.41) is 23.1. The lowest BCUT2D eigenvalue weighted by Gasteiger charge is -2.08. The molecule has 2 atom stereocenters. The molecule has 0 saturated carbocycles. The quantitative estimate of drug-likeness (QED) is 0.275. The van der Waals surface area contributed by atoms with Gasteiger partial charge in [0.05, 0.1) is 5.71 Å². The first-order valence-electron chi connectivity index (χ1n) is 13.8. The van der Waals surface area contributed by atoms with Crippen LogP contribution in [0, 0.1) is 25.7 Å². The summed E-state index contributed by atoms with van der Waals surface area (Å²) in [4.78, 5) is 58.3. The fourth-order valence-corrected chi connectivity index (χ4v) is 5.44. The summed E-state index contributed by atoms with van der Waals surface area (Å²) < 4.78 is 0. The number of allylic oxidation sites excluding steroid dienone is 2. The van der Waals surface area contributed by atoms with Crippen LogP contribution in [0.4, 0.5) is 0 Å². The van der Waals surface area contributed by atoms with E-state index in [0.29, 0.717) is 33.4 Å². The van der Waals surface area contributed by atoms with Gasteiger partial charge in [0.15, 0.2) is 0 Å². The Morgan fingerprint density at radius 2 is 1.50 bits per heavy atom. The molecule has 0 aromatic carbocycles. The van der Waals surface area contributed by atoms with E-state index in [1.165, 1.54) is 0 Å². The summed E-state index contributed by atoms with van der Waals surface area (Å²) in [6, 6.07) is 0. The van der Waals surface area contributed by atoms with Crippen LogP contribution in [-0.2, 0) is 32.0 Å². The second-order valence-corrected chi connectivity index (χ2v) is 10.9. The first-order valence-corrected chi connectivity index (χ1v) is 13.8. The second-order valence-electron chi connectivity index (χ2n) is 10.9. The van der Waals surface area contributed by atoms with Crippen molar-refractivity contribution in [3.8, 4) is 0 Å². The number of carbonyl (C=O) groups excluding carboxylic acids is 2. The second kappa shape index (κ2) is 12.0. The van der Waals surface area contributed by atoms with Crippen molar-refractivity contribution in [2.45, 2.75) is 60.3 Å². The van der Waals surface area contributed by atoms with Gasteiger partial charge in [-0.1, -0.05) is 13.0 Å². The average molecular weight is 573 g/mol. The molecule has 2 aliphatic rings. The van der Waals surface area contributed by atoms with Crippen LogP contribution in [0.15, 0.2) is 34.5 Å². The highest BCUT2D eigenvalue weighted by molar-refractivity contribution is 6.30. The Kier molecular flexibility index (Phi) is 8.65. The van der Waals surface area contributed by atoms with E-state index in [4.69, 9.17) is 0 Å². The van der Waals surface area contributed by atoms with Crippen molar-refractivity contribution in [3.05, 3.63) is 73.8 Å². The topological polar surface area (TPSA) is 165 Å². The standard InChI is InChI=1S/C32H36N4O6/c1-7-20-19(6)32(42)36-26(20)13-25-18(5)22(9-11-30(39)40)28(34-25)14-27-21(8-10-29(37)38)17(4)24(33-27)12-23-15(2)16(3)31(41)35-23/h7,12-14,19-20,33-34H,1,8-11H2,2-6H3,(H,36,42)(H,37,38)(H,39,40)/b24-12-,26-13-,27-14-/t19-,20?/m0/s1. The molecule has 220 valence electrons. The number of hydrogen-bond donors (Lipinski definition) is 5. The summed E-state index contributed by atoms with van der Waals surface area (Å²) in [7, 11) is 0. The highest BCUT2D eigenvalue weighted by Crippen LogP contribution is 2.30. The molecule has 0 bridgehead atoms. The maximum atomic E-state index is 12.3. The highest BCUT2D eigenvalue weighted by Gasteiger charge is 2.33. The van der Waals surface area contributed by atoms with E-state index < -0.39 is 11.9 Å². The lowest BCUT2D eigenvalue weighted by molar-refractivity contribution is -0.138. The Morgan fingerprint density at radius 1 is 0.857 bits per heavy atom. The van der Waals surface area contributed by atoms with Crippen molar-refractivity contribution in [1.82, 2.24) is 15.3 Å². The number of hydrogen-bond acceptors (Lipinski definition) is 4. The van der Waals surface area contributed by atoms with E-state index in [1.54, 1.807) is 19.1 Å². The Morgan fingerprint density at radius 3 is 2.07 bits per heavy atom. The van der Waals surface area contributed by atoms with Crippen LogP contribution in [0.5, 0.6) is 0 Å². The van der Waals surface area contributed by atoms with Gasteiger partial charge >= 0.3 is 11.9 Å². The molecule has 1 fully saturated rings. The summed E-state index contributed by atoms with van der Waals surface area (Å²) in [6.45, 7) is 13.1. The van der Waals surface area contributed by atoms with Gasteiger partial charge in [0, 0.05) is 58.0 Å². The summed E-state index contributed by atoms with van der Waals surface area (Å²) in [5.41, 5.74) is 7.33.